The Morgan fingerprint density at radius 3 is 2.39 bits per heavy atom. The van der Waals surface area contributed by atoms with Crippen molar-refractivity contribution in [2.45, 2.75) is 0 Å². The zero-order chi connectivity index (χ0) is 23.5. The molecule has 0 radical (unpaired) electrons. The van der Waals surface area contributed by atoms with Gasteiger partial charge in [0.05, 0.1) is 5.69 Å². The van der Waals surface area contributed by atoms with Crippen molar-refractivity contribution in [3.05, 3.63) is 66.6 Å². The maximum Gasteiger partial charge on any atom is 0.139 e. The Kier molecular flexibility index (Phi) is 6.96. The van der Waals surface area contributed by atoms with Crippen LogP contribution < -0.4 is 15.5 Å². The molecule has 0 fully saturated rings. The normalized spacial score (nSPS) is 11.5. The van der Waals surface area contributed by atoms with Gasteiger partial charge in [-0.2, -0.15) is 0 Å². The number of halogens is 1. The molecular formula is C26H31FN5P. The van der Waals surface area contributed by atoms with Crippen LogP contribution in [-0.2, 0) is 0 Å². The van der Waals surface area contributed by atoms with Crippen LogP contribution in [0.15, 0.2) is 60.8 Å². The summed E-state index contributed by atoms with van der Waals surface area (Å²) in [6, 6.07) is 17.6. The summed E-state index contributed by atoms with van der Waals surface area (Å²) in [7, 11) is 5.91. The third-order valence-electron chi connectivity index (χ3n) is 5.74. The Hall–Kier alpha value is -2.95. The van der Waals surface area contributed by atoms with E-state index in [2.05, 4.69) is 89.9 Å². The molecule has 2 N–H and O–H groups in total. The molecule has 4 rings (SSSR count). The fraction of sp³-hybridized carbons (Fsp3) is 0.269. The van der Waals surface area contributed by atoms with Crippen LogP contribution in [0.1, 0.15) is 0 Å². The smallest absolute Gasteiger partial charge is 0.139 e. The number of fused-ring (bicyclic) bond motifs is 1. The van der Waals surface area contributed by atoms with Gasteiger partial charge in [-0.1, -0.05) is 20.1 Å². The number of nitrogens with zero attached hydrogens (tertiary/aromatic N) is 3. The number of anilines is 3. The molecule has 0 amide bonds. The van der Waals surface area contributed by atoms with Crippen molar-refractivity contribution in [3.8, 4) is 11.3 Å². The Morgan fingerprint density at radius 2 is 1.70 bits per heavy atom. The summed E-state index contributed by atoms with van der Waals surface area (Å²) in [5.41, 5.74) is 5.81. The number of likely N-dealkylation sites (N-methyl/N-ethyl adjacent to an activating group) is 2. The molecule has 2 aromatic carbocycles. The lowest BCUT2D eigenvalue weighted by Gasteiger charge is -2.21. The zero-order valence-electron chi connectivity index (χ0n) is 19.9. The quantitative estimate of drug-likeness (QED) is 0.340. The van der Waals surface area contributed by atoms with E-state index in [1.54, 1.807) is 12.3 Å². The number of hydrogen-bond donors (Lipinski definition) is 2. The van der Waals surface area contributed by atoms with Gasteiger partial charge in [0.2, 0.25) is 0 Å². The summed E-state index contributed by atoms with van der Waals surface area (Å²) in [5.74, 6) is -0.242. The number of pyridine rings is 1. The van der Waals surface area contributed by atoms with Crippen LogP contribution >= 0.6 is 7.92 Å². The van der Waals surface area contributed by atoms with Crippen LogP contribution in [0.25, 0.3) is 22.3 Å². The molecular weight excluding hydrogens is 432 g/mol. The minimum atomic E-state index is -0.374. The summed E-state index contributed by atoms with van der Waals surface area (Å²) in [4.78, 5) is 12.4. The molecule has 0 saturated heterocycles. The zero-order valence-corrected chi connectivity index (χ0v) is 20.7. The molecule has 2 aromatic heterocycles. The average Bonchev–Trinajstić information content (AvgIpc) is 3.23. The number of H-pyrrole nitrogens is 1. The molecule has 0 aliphatic rings. The Morgan fingerprint density at radius 1 is 0.939 bits per heavy atom. The number of nitrogens with one attached hydrogen (secondary N) is 2. The molecule has 0 bridgehead atoms. The van der Waals surface area contributed by atoms with E-state index in [-0.39, 0.29) is 13.7 Å². The molecule has 0 atom stereocenters. The lowest BCUT2D eigenvalue weighted by Crippen LogP contribution is -2.28. The van der Waals surface area contributed by atoms with Crippen molar-refractivity contribution in [3.63, 3.8) is 0 Å². The fourth-order valence-electron chi connectivity index (χ4n) is 3.81. The Balaban J connectivity index is 1.61. The first-order valence-electron chi connectivity index (χ1n) is 11.0. The van der Waals surface area contributed by atoms with Crippen molar-refractivity contribution in [1.29, 1.82) is 0 Å². The van der Waals surface area contributed by atoms with Crippen LogP contribution in [0.4, 0.5) is 21.5 Å². The fourth-order valence-corrected chi connectivity index (χ4v) is 4.78. The molecule has 0 unspecified atom stereocenters. The van der Waals surface area contributed by atoms with E-state index in [0.717, 1.165) is 52.1 Å². The summed E-state index contributed by atoms with van der Waals surface area (Å²) in [6.07, 6.45) is 1.77. The average molecular weight is 464 g/mol. The summed E-state index contributed by atoms with van der Waals surface area (Å²) < 4.78 is 14.0. The minimum Gasteiger partial charge on any atom is -0.373 e. The van der Waals surface area contributed by atoms with Crippen LogP contribution in [-0.4, -0.2) is 62.4 Å². The highest BCUT2D eigenvalue weighted by Crippen LogP contribution is 2.33. The van der Waals surface area contributed by atoms with E-state index in [1.807, 2.05) is 12.1 Å². The van der Waals surface area contributed by atoms with Gasteiger partial charge in [0.1, 0.15) is 11.5 Å². The molecule has 0 saturated carbocycles. The molecule has 0 aliphatic carbocycles. The van der Waals surface area contributed by atoms with Gasteiger partial charge < -0.3 is 20.1 Å². The van der Waals surface area contributed by atoms with Crippen LogP contribution in [0.2, 0.25) is 0 Å². The van der Waals surface area contributed by atoms with E-state index < -0.39 is 0 Å². The van der Waals surface area contributed by atoms with Crippen molar-refractivity contribution < 1.29 is 4.39 Å². The lowest BCUT2D eigenvalue weighted by molar-refractivity contribution is 0.416. The monoisotopic (exact) mass is 463 g/mol. The Bertz CT molecular complexity index is 1230. The van der Waals surface area contributed by atoms with Gasteiger partial charge in [0.15, 0.2) is 0 Å². The number of aromatic amines is 1. The van der Waals surface area contributed by atoms with Crippen LogP contribution in [0.3, 0.4) is 0 Å². The second-order valence-electron chi connectivity index (χ2n) is 8.76. The topological polar surface area (TPSA) is 47.2 Å². The molecule has 172 valence electrons. The van der Waals surface area contributed by atoms with Crippen molar-refractivity contribution in [2.75, 3.05) is 57.8 Å². The highest BCUT2D eigenvalue weighted by Gasteiger charge is 2.13. The maximum atomic E-state index is 14.0. The van der Waals surface area contributed by atoms with Gasteiger partial charge in [-0.25, -0.2) is 9.37 Å². The largest absolute Gasteiger partial charge is 0.373 e. The number of rotatable bonds is 8. The van der Waals surface area contributed by atoms with Gasteiger partial charge in [-0.05, 0) is 80.8 Å². The van der Waals surface area contributed by atoms with Gasteiger partial charge >= 0.3 is 0 Å². The first kappa shape index (κ1) is 23.2. The highest BCUT2D eigenvalue weighted by molar-refractivity contribution is 7.64. The minimum absolute atomic E-state index is 0.242. The molecule has 0 spiro atoms. The predicted octanol–water partition coefficient (Wildman–Crippen LogP) is 5.48. The van der Waals surface area contributed by atoms with E-state index in [9.17, 15) is 4.39 Å². The third kappa shape index (κ3) is 5.35. The van der Waals surface area contributed by atoms with E-state index in [4.69, 9.17) is 0 Å². The van der Waals surface area contributed by atoms with E-state index >= 15 is 0 Å². The number of aromatic nitrogens is 2. The summed E-state index contributed by atoms with van der Waals surface area (Å²) in [5, 5.41) is 5.57. The molecule has 7 heteroatoms. The third-order valence-corrected chi connectivity index (χ3v) is 7.10. The molecule has 4 aromatic rings. The summed E-state index contributed by atoms with van der Waals surface area (Å²) >= 11 is 0. The molecule has 2 heterocycles. The van der Waals surface area contributed by atoms with Crippen LogP contribution in [0, 0.1) is 5.82 Å². The maximum absolute atomic E-state index is 14.0. The van der Waals surface area contributed by atoms with Crippen molar-refractivity contribution >= 4 is 41.3 Å². The van der Waals surface area contributed by atoms with Gasteiger partial charge in [0.25, 0.3) is 0 Å². The molecule has 33 heavy (non-hydrogen) atoms. The van der Waals surface area contributed by atoms with Crippen LogP contribution in [0.5, 0.6) is 0 Å². The van der Waals surface area contributed by atoms with E-state index in [0.29, 0.717) is 0 Å². The van der Waals surface area contributed by atoms with E-state index in [1.165, 1.54) is 11.8 Å². The highest BCUT2D eigenvalue weighted by atomic mass is 31.1. The Labute approximate surface area is 196 Å². The SMILES string of the molecule is CN(C)CCN(C)c1ccc(-c2cc3c(Nc4cc(F)ccc4P(C)C)ccnc3[nH]2)cc1. The van der Waals surface area contributed by atoms with Gasteiger partial charge in [-0.3, -0.25) is 0 Å². The second kappa shape index (κ2) is 9.90. The van der Waals surface area contributed by atoms with Crippen molar-refractivity contribution in [2.24, 2.45) is 0 Å². The number of benzene rings is 2. The standard InChI is InChI=1S/C26H31FN5P/c1-31(2)14-15-32(3)20-9-6-18(7-10-20)23-17-21-22(12-13-28-26(21)30-23)29-24-16-19(27)8-11-25(24)33(4)5/h6-13,16-17H,14-15H2,1-5H3,(H2,28,29,30). The first-order valence-corrected chi connectivity index (χ1v) is 13.2. The van der Waals surface area contributed by atoms with Crippen molar-refractivity contribution in [1.82, 2.24) is 14.9 Å². The van der Waals surface area contributed by atoms with Gasteiger partial charge in [-0.15, -0.1) is 0 Å². The summed E-state index contributed by atoms with van der Waals surface area (Å²) in [6.45, 7) is 6.32. The lowest BCUT2D eigenvalue weighted by atomic mass is 10.1. The number of hydrogen-bond acceptors (Lipinski definition) is 4. The molecule has 5 nitrogen and oxygen atoms in total. The second-order valence-corrected chi connectivity index (χ2v) is 11.0. The predicted molar refractivity (Wildman–Crippen MR) is 141 cm³/mol. The first-order chi connectivity index (χ1) is 15.8. The van der Waals surface area contributed by atoms with Gasteiger partial charge in [0, 0.05) is 48.8 Å². The molecule has 0 aliphatic heterocycles.